The van der Waals surface area contributed by atoms with E-state index in [1.165, 1.54) is 5.03 Å². The monoisotopic (exact) mass is 332 g/mol. The number of nitrogens with zero attached hydrogens (tertiary/aromatic N) is 4. The summed E-state index contributed by atoms with van der Waals surface area (Å²) in [5.74, 6) is 1.25. The van der Waals surface area contributed by atoms with Crippen LogP contribution in [-0.4, -0.2) is 20.0 Å². The fraction of sp³-hybridized carbons (Fsp3) is 0.333. The number of aromatic nitrogens is 3. The Morgan fingerprint density at radius 3 is 2.55 bits per heavy atom. The van der Waals surface area contributed by atoms with Crippen molar-refractivity contribution >= 4 is 23.5 Å². The van der Waals surface area contributed by atoms with E-state index in [4.69, 9.17) is 0 Å². The van der Waals surface area contributed by atoms with Crippen molar-refractivity contribution in [2.75, 3.05) is 5.01 Å². The third-order valence-corrected chi connectivity index (χ3v) is 5.81. The van der Waals surface area contributed by atoms with Crippen molar-refractivity contribution in [2.45, 2.75) is 36.7 Å². The van der Waals surface area contributed by atoms with E-state index in [1.54, 1.807) is 35.7 Å². The van der Waals surface area contributed by atoms with Gasteiger partial charge >= 0.3 is 0 Å². The maximum absolute atomic E-state index is 9.50. The first kappa shape index (κ1) is 14.0. The molecule has 2 aromatic rings. The first-order valence-electron chi connectivity index (χ1n) is 7.03. The van der Waals surface area contributed by atoms with Crippen molar-refractivity contribution < 1.29 is 5.11 Å². The van der Waals surface area contributed by atoms with Gasteiger partial charge in [-0.1, -0.05) is 44.7 Å². The molecule has 0 bridgehead atoms. The van der Waals surface area contributed by atoms with E-state index >= 15 is 0 Å². The van der Waals surface area contributed by atoms with Gasteiger partial charge in [0.1, 0.15) is 16.2 Å². The summed E-state index contributed by atoms with van der Waals surface area (Å²) >= 11 is 3.42. The first-order valence-corrected chi connectivity index (χ1v) is 8.79. The van der Waals surface area contributed by atoms with Gasteiger partial charge in [0.05, 0.1) is 0 Å². The Kier molecular flexibility index (Phi) is 2.99. The maximum Gasteiger partial charge on any atom is 0.216 e. The zero-order chi connectivity index (χ0) is 15.5. The van der Waals surface area contributed by atoms with Crippen molar-refractivity contribution in [1.82, 2.24) is 14.9 Å². The summed E-state index contributed by atoms with van der Waals surface area (Å²) in [5.41, 5.74) is 1.07. The van der Waals surface area contributed by atoms with Crippen molar-refractivity contribution in [3.8, 4) is 5.75 Å². The molecule has 1 aromatic heterocycles. The van der Waals surface area contributed by atoms with E-state index in [-0.39, 0.29) is 16.5 Å². The number of thioether (sulfide) groups is 2. The van der Waals surface area contributed by atoms with Crippen LogP contribution in [0.4, 0.5) is 0 Å². The number of hydrogen-bond acceptors (Lipinski definition) is 6. The normalized spacial score (nSPS) is 20.0. The lowest BCUT2D eigenvalue weighted by Crippen LogP contribution is -2.34. The summed E-state index contributed by atoms with van der Waals surface area (Å²) in [6.45, 7) is 6.44. The molecular weight excluding hydrogens is 316 g/mol. The van der Waals surface area contributed by atoms with Gasteiger partial charge < -0.3 is 5.11 Å². The average molecular weight is 332 g/mol. The second kappa shape index (κ2) is 4.70. The van der Waals surface area contributed by atoms with Crippen LogP contribution in [0.25, 0.3) is 0 Å². The van der Waals surface area contributed by atoms with E-state index in [0.717, 1.165) is 16.5 Å². The highest BCUT2D eigenvalue weighted by atomic mass is 32.2. The Morgan fingerprint density at radius 2 is 1.86 bits per heavy atom. The minimum atomic E-state index is -0.0754. The van der Waals surface area contributed by atoms with Crippen LogP contribution in [0.3, 0.4) is 0 Å². The van der Waals surface area contributed by atoms with Gasteiger partial charge in [-0.3, -0.25) is 5.01 Å². The molecule has 1 N–H and O–H groups in total. The van der Waals surface area contributed by atoms with Gasteiger partial charge in [-0.15, -0.1) is 10.2 Å². The molecule has 0 spiro atoms. The highest BCUT2D eigenvalue weighted by Crippen LogP contribution is 2.51. The van der Waals surface area contributed by atoms with Gasteiger partial charge in [0.25, 0.3) is 0 Å². The predicted molar refractivity (Wildman–Crippen MR) is 89.3 cm³/mol. The molecule has 2 aliphatic heterocycles. The highest BCUT2D eigenvalue weighted by molar-refractivity contribution is 8.07. The van der Waals surface area contributed by atoms with Gasteiger partial charge in [-0.2, -0.15) is 0 Å². The molecule has 7 heteroatoms. The molecule has 114 valence electrons. The van der Waals surface area contributed by atoms with E-state index in [1.807, 2.05) is 12.1 Å². The van der Waals surface area contributed by atoms with Crippen molar-refractivity contribution in [3.05, 3.63) is 46.1 Å². The molecule has 1 aromatic carbocycles. The number of rotatable bonds is 1. The fourth-order valence-electron chi connectivity index (χ4n) is 2.57. The molecular formula is C15H16N4OS2. The van der Waals surface area contributed by atoms with Crippen LogP contribution in [0, 0.1) is 0 Å². The Labute approximate surface area is 137 Å². The van der Waals surface area contributed by atoms with Gasteiger partial charge in [0.2, 0.25) is 5.16 Å². The standard InChI is InChI=1S/C15H16N4OS2/c1-15(2,3)13-16-17-14-19(13)18-11(22-14)8-21-12(18)9-4-6-10(20)7-5-9/h4-8,12,20H,1-3H3. The lowest BCUT2D eigenvalue weighted by atomic mass is 9.96. The highest BCUT2D eigenvalue weighted by Gasteiger charge is 2.41. The largest absolute Gasteiger partial charge is 0.508 e. The van der Waals surface area contributed by atoms with Crippen LogP contribution in [0.2, 0.25) is 0 Å². The van der Waals surface area contributed by atoms with Gasteiger partial charge in [-0.25, -0.2) is 4.68 Å². The fourth-order valence-corrected chi connectivity index (χ4v) is 4.79. The molecule has 4 rings (SSSR count). The maximum atomic E-state index is 9.50. The van der Waals surface area contributed by atoms with Crippen LogP contribution in [0.5, 0.6) is 5.75 Å². The molecule has 2 aliphatic rings. The van der Waals surface area contributed by atoms with E-state index in [9.17, 15) is 5.11 Å². The van der Waals surface area contributed by atoms with Crippen LogP contribution >= 0.6 is 23.5 Å². The van der Waals surface area contributed by atoms with Crippen LogP contribution in [0.1, 0.15) is 37.5 Å². The third-order valence-electron chi connectivity index (χ3n) is 3.62. The summed E-state index contributed by atoms with van der Waals surface area (Å²) in [7, 11) is 0. The van der Waals surface area contributed by atoms with E-state index < -0.39 is 0 Å². The number of benzene rings is 1. The van der Waals surface area contributed by atoms with Crippen molar-refractivity contribution in [3.63, 3.8) is 0 Å². The Balaban J connectivity index is 1.79. The van der Waals surface area contributed by atoms with Crippen molar-refractivity contribution in [2.24, 2.45) is 0 Å². The summed E-state index contributed by atoms with van der Waals surface area (Å²) in [5, 5.41) is 24.9. The molecule has 1 unspecified atom stereocenters. The summed E-state index contributed by atoms with van der Waals surface area (Å²) in [6.07, 6.45) is 0. The van der Waals surface area contributed by atoms with Crippen molar-refractivity contribution in [1.29, 1.82) is 0 Å². The van der Waals surface area contributed by atoms with Gasteiger partial charge in [0, 0.05) is 10.8 Å². The molecule has 22 heavy (non-hydrogen) atoms. The number of fused-ring (bicyclic) bond motifs is 3. The molecule has 1 atom stereocenters. The summed E-state index contributed by atoms with van der Waals surface area (Å²) in [6, 6.07) is 7.39. The second-order valence-corrected chi connectivity index (χ2v) is 8.29. The smallest absolute Gasteiger partial charge is 0.216 e. The number of aromatic hydroxyl groups is 1. The Hall–Kier alpha value is -1.60. The third kappa shape index (κ3) is 2.03. The molecule has 0 fully saturated rings. The SMILES string of the molecule is CC(C)(C)c1nnc2n1N1C(=CSC1c1ccc(O)cc1)S2. The van der Waals surface area contributed by atoms with Gasteiger partial charge in [0.15, 0.2) is 5.82 Å². The zero-order valence-corrected chi connectivity index (χ0v) is 14.1. The lowest BCUT2D eigenvalue weighted by molar-refractivity contribution is 0.474. The van der Waals surface area contributed by atoms with E-state index in [2.05, 4.69) is 46.1 Å². The number of phenols is 1. The topological polar surface area (TPSA) is 54.2 Å². The molecule has 0 amide bonds. The van der Waals surface area contributed by atoms with Crippen LogP contribution < -0.4 is 5.01 Å². The molecule has 0 saturated carbocycles. The zero-order valence-electron chi connectivity index (χ0n) is 12.5. The Morgan fingerprint density at radius 1 is 1.14 bits per heavy atom. The lowest BCUT2D eigenvalue weighted by Gasteiger charge is -2.28. The average Bonchev–Trinajstić information content (AvgIpc) is 3.08. The first-order chi connectivity index (χ1) is 10.4. The molecule has 0 aliphatic carbocycles. The molecule has 3 heterocycles. The molecule has 0 saturated heterocycles. The predicted octanol–water partition coefficient (Wildman–Crippen LogP) is 3.57. The summed E-state index contributed by atoms with van der Waals surface area (Å²) in [4.78, 5) is 0. The Bertz CT molecular complexity index is 761. The van der Waals surface area contributed by atoms with Crippen LogP contribution in [0.15, 0.2) is 39.9 Å². The van der Waals surface area contributed by atoms with Gasteiger partial charge in [-0.05, 0) is 29.5 Å². The summed E-state index contributed by atoms with van der Waals surface area (Å²) < 4.78 is 2.13. The minimum Gasteiger partial charge on any atom is -0.508 e. The van der Waals surface area contributed by atoms with E-state index in [0.29, 0.717) is 0 Å². The molecule has 0 radical (unpaired) electrons. The quantitative estimate of drug-likeness (QED) is 0.861. The minimum absolute atomic E-state index is 0.0754. The number of phenolic OH excluding ortho intramolecular Hbond substituents is 1. The second-order valence-electron chi connectivity index (χ2n) is 6.35. The molecule has 5 nitrogen and oxygen atoms in total. The number of hydrogen-bond donors (Lipinski definition) is 1. The van der Waals surface area contributed by atoms with Crippen LogP contribution in [-0.2, 0) is 5.41 Å².